The predicted molar refractivity (Wildman–Crippen MR) is 131 cm³/mol. The van der Waals surface area contributed by atoms with Crippen LogP contribution in [0.3, 0.4) is 0 Å². The lowest BCUT2D eigenvalue weighted by Gasteiger charge is -2.49. The topological polar surface area (TPSA) is 85.0 Å². The second-order valence-electron chi connectivity index (χ2n) is 9.45. The Bertz CT molecular complexity index is 1210. The van der Waals surface area contributed by atoms with Gasteiger partial charge in [-0.05, 0) is 91.0 Å². The van der Waals surface area contributed by atoms with E-state index in [1.54, 1.807) is 12.1 Å². The smallest absolute Gasteiger partial charge is 0.269 e. The van der Waals surface area contributed by atoms with Crippen LogP contribution in [0.4, 0.5) is 5.69 Å². The van der Waals surface area contributed by atoms with Crippen molar-refractivity contribution >= 4 is 11.4 Å². The van der Waals surface area contributed by atoms with Crippen molar-refractivity contribution in [3.8, 4) is 5.75 Å². The number of non-ortho nitro benzene ring substituents is 1. The van der Waals surface area contributed by atoms with Crippen LogP contribution in [0.5, 0.6) is 5.75 Å². The third-order valence-electron chi connectivity index (χ3n) is 7.44. The Hall–Kier alpha value is -3.67. The molecule has 2 aliphatic carbocycles. The Morgan fingerprint density at radius 2 is 1.82 bits per heavy atom. The Morgan fingerprint density at radius 3 is 2.59 bits per heavy atom. The standard InChI is InChI=1S/C28H28N2O4/c31-26-12-13-27-22(16-26)8-9-23-17-24(14-15-28(23,27)18-20-4-2-1-3-5-20)29-34-19-21-6-10-25(11-7-21)30(32)33/h1-7,10-13,16,23,31H,8-9,14-15,17-19H2/t23?,28-/m0/s1. The summed E-state index contributed by atoms with van der Waals surface area (Å²) in [4.78, 5) is 16.1. The van der Waals surface area contributed by atoms with Gasteiger partial charge in [0.2, 0.25) is 0 Å². The number of oxime groups is 1. The van der Waals surface area contributed by atoms with Gasteiger partial charge < -0.3 is 9.94 Å². The Labute approximate surface area is 199 Å². The van der Waals surface area contributed by atoms with Crippen molar-refractivity contribution in [1.82, 2.24) is 0 Å². The van der Waals surface area contributed by atoms with E-state index in [4.69, 9.17) is 4.84 Å². The van der Waals surface area contributed by atoms with Crippen molar-refractivity contribution in [3.63, 3.8) is 0 Å². The molecule has 3 aromatic rings. The molecule has 2 atom stereocenters. The zero-order valence-electron chi connectivity index (χ0n) is 19.0. The summed E-state index contributed by atoms with van der Waals surface area (Å²) in [5, 5.41) is 25.4. The Morgan fingerprint density at radius 1 is 1.03 bits per heavy atom. The number of phenols is 1. The molecule has 6 heteroatoms. The summed E-state index contributed by atoms with van der Waals surface area (Å²) >= 11 is 0. The van der Waals surface area contributed by atoms with Crippen LogP contribution in [0.1, 0.15) is 47.9 Å². The summed E-state index contributed by atoms with van der Waals surface area (Å²) in [5.74, 6) is 0.796. The molecule has 0 aromatic heterocycles. The predicted octanol–water partition coefficient (Wildman–Crippen LogP) is 6.10. The van der Waals surface area contributed by atoms with Crippen LogP contribution in [0, 0.1) is 16.0 Å². The molecule has 0 amide bonds. The van der Waals surface area contributed by atoms with Gasteiger partial charge in [-0.2, -0.15) is 0 Å². The molecule has 0 bridgehead atoms. The lowest BCUT2D eigenvalue weighted by atomic mass is 9.55. The minimum atomic E-state index is -0.404. The molecule has 1 saturated carbocycles. The maximum Gasteiger partial charge on any atom is 0.269 e. The first kappa shape index (κ1) is 22.1. The fourth-order valence-electron chi connectivity index (χ4n) is 5.77. The van der Waals surface area contributed by atoms with Crippen molar-refractivity contribution in [2.75, 3.05) is 0 Å². The average molecular weight is 457 g/mol. The second kappa shape index (κ2) is 9.29. The van der Waals surface area contributed by atoms with E-state index in [1.807, 2.05) is 12.1 Å². The normalized spacial score (nSPS) is 22.6. The first-order valence-electron chi connectivity index (χ1n) is 11.8. The number of aromatic hydroxyl groups is 1. The zero-order chi connectivity index (χ0) is 23.5. The van der Waals surface area contributed by atoms with Crippen LogP contribution in [0.2, 0.25) is 0 Å². The van der Waals surface area contributed by atoms with Gasteiger partial charge >= 0.3 is 0 Å². The largest absolute Gasteiger partial charge is 0.508 e. The molecule has 2 aliphatic rings. The molecule has 6 nitrogen and oxygen atoms in total. The molecule has 1 N–H and O–H groups in total. The molecule has 174 valence electrons. The van der Waals surface area contributed by atoms with E-state index in [2.05, 4.69) is 41.6 Å². The van der Waals surface area contributed by atoms with Crippen molar-refractivity contribution in [3.05, 3.63) is 105 Å². The van der Waals surface area contributed by atoms with Gasteiger partial charge in [0.15, 0.2) is 0 Å². The maximum atomic E-state index is 10.8. The number of aryl methyl sites for hydroxylation is 1. The van der Waals surface area contributed by atoms with E-state index in [9.17, 15) is 15.2 Å². The number of benzene rings is 3. The number of hydrogen-bond acceptors (Lipinski definition) is 5. The van der Waals surface area contributed by atoms with Gasteiger partial charge in [0, 0.05) is 17.5 Å². The van der Waals surface area contributed by atoms with E-state index in [1.165, 1.54) is 28.8 Å². The SMILES string of the molecule is O=[N+]([O-])c1ccc(CON=C2CC[C@@]3(Cc4ccccc4)c4ccc(O)cc4CCC3C2)cc1. The van der Waals surface area contributed by atoms with Gasteiger partial charge in [-0.1, -0.05) is 41.6 Å². The molecule has 0 spiro atoms. The Kier molecular flexibility index (Phi) is 6.05. The van der Waals surface area contributed by atoms with Crippen molar-refractivity contribution in [1.29, 1.82) is 0 Å². The van der Waals surface area contributed by atoms with Gasteiger partial charge in [-0.25, -0.2) is 0 Å². The molecular weight excluding hydrogens is 428 g/mol. The fourth-order valence-corrected chi connectivity index (χ4v) is 5.77. The second-order valence-corrected chi connectivity index (χ2v) is 9.45. The summed E-state index contributed by atoms with van der Waals surface area (Å²) in [6.07, 6.45) is 5.75. The molecule has 0 aliphatic heterocycles. The van der Waals surface area contributed by atoms with Crippen LogP contribution < -0.4 is 0 Å². The highest BCUT2D eigenvalue weighted by molar-refractivity contribution is 5.85. The number of nitrogens with zero attached hydrogens (tertiary/aromatic N) is 2. The molecular formula is C28H28N2O4. The van der Waals surface area contributed by atoms with E-state index in [-0.39, 0.29) is 11.1 Å². The molecule has 34 heavy (non-hydrogen) atoms. The highest BCUT2D eigenvalue weighted by Crippen LogP contribution is 2.51. The van der Waals surface area contributed by atoms with Gasteiger partial charge in [-0.15, -0.1) is 0 Å². The van der Waals surface area contributed by atoms with Gasteiger partial charge in [-0.3, -0.25) is 10.1 Å². The highest BCUT2D eigenvalue weighted by atomic mass is 16.6. The fraction of sp³-hybridized carbons (Fsp3) is 0.321. The van der Waals surface area contributed by atoms with E-state index < -0.39 is 4.92 Å². The highest BCUT2D eigenvalue weighted by Gasteiger charge is 2.47. The van der Waals surface area contributed by atoms with Crippen molar-refractivity contribution < 1.29 is 14.9 Å². The van der Waals surface area contributed by atoms with Crippen LogP contribution in [-0.4, -0.2) is 15.7 Å². The number of nitro groups is 1. The van der Waals surface area contributed by atoms with Crippen molar-refractivity contribution in [2.24, 2.45) is 11.1 Å². The monoisotopic (exact) mass is 456 g/mol. The molecule has 0 radical (unpaired) electrons. The summed E-state index contributed by atoms with van der Waals surface area (Å²) in [6.45, 7) is 0.295. The molecule has 3 aromatic carbocycles. The average Bonchev–Trinajstić information content (AvgIpc) is 2.85. The summed E-state index contributed by atoms with van der Waals surface area (Å²) in [7, 11) is 0. The Balaban J connectivity index is 1.34. The lowest BCUT2D eigenvalue weighted by molar-refractivity contribution is -0.384. The third kappa shape index (κ3) is 4.40. The van der Waals surface area contributed by atoms with E-state index in [0.717, 1.165) is 49.8 Å². The van der Waals surface area contributed by atoms with Crippen LogP contribution in [0.25, 0.3) is 0 Å². The number of phenolic OH excluding ortho intramolecular Hbond substituents is 1. The minimum Gasteiger partial charge on any atom is -0.508 e. The third-order valence-corrected chi connectivity index (χ3v) is 7.44. The number of nitro benzene ring substituents is 1. The first-order valence-corrected chi connectivity index (χ1v) is 11.8. The minimum absolute atomic E-state index is 0.0278. The molecule has 1 fully saturated rings. The molecule has 0 saturated heterocycles. The van der Waals surface area contributed by atoms with E-state index >= 15 is 0 Å². The molecule has 1 unspecified atom stereocenters. The maximum absolute atomic E-state index is 10.8. The van der Waals surface area contributed by atoms with Crippen LogP contribution in [-0.2, 0) is 29.7 Å². The summed E-state index contributed by atoms with van der Waals surface area (Å²) in [5.41, 5.74) is 6.01. The number of fused-ring (bicyclic) bond motifs is 3. The van der Waals surface area contributed by atoms with Crippen LogP contribution in [0.15, 0.2) is 78.0 Å². The van der Waals surface area contributed by atoms with E-state index in [0.29, 0.717) is 18.3 Å². The lowest BCUT2D eigenvalue weighted by Crippen LogP contribution is -2.46. The summed E-state index contributed by atoms with van der Waals surface area (Å²) < 4.78 is 0. The van der Waals surface area contributed by atoms with Crippen LogP contribution >= 0.6 is 0 Å². The molecule has 5 rings (SSSR count). The number of rotatable bonds is 6. The first-order chi connectivity index (χ1) is 16.5. The van der Waals surface area contributed by atoms with Gasteiger partial charge in [0.25, 0.3) is 5.69 Å². The molecule has 0 heterocycles. The van der Waals surface area contributed by atoms with Crippen molar-refractivity contribution in [2.45, 2.75) is 50.5 Å². The van der Waals surface area contributed by atoms with Gasteiger partial charge in [0.1, 0.15) is 12.4 Å². The quantitative estimate of drug-likeness (QED) is 0.359. The summed E-state index contributed by atoms with van der Waals surface area (Å²) in [6, 6.07) is 23.0. The number of hydrogen-bond donors (Lipinski definition) is 1. The van der Waals surface area contributed by atoms with Gasteiger partial charge in [0.05, 0.1) is 10.6 Å². The zero-order valence-corrected chi connectivity index (χ0v) is 19.0.